The lowest BCUT2D eigenvalue weighted by Crippen LogP contribution is -2.44. The van der Waals surface area contributed by atoms with Gasteiger partial charge in [-0.25, -0.2) is 0 Å². The van der Waals surface area contributed by atoms with Gasteiger partial charge in [-0.1, -0.05) is 61.7 Å². The Morgan fingerprint density at radius 3 is 2.68 bits per heavy atom. The second-order valence-corrected chi connectivity index (χ2v) is 9.63. The molecule has 2 aromatic rings. The van der Waals surface area contributed by atoms with Crippen LogP contribution in [0.3, 0.4) is 0 Å². The number of thiocarbonyl (C=S) groups is 1. The maximum Gasteiger partial charge on any atom is 0.285 e. The number of unbranched alkanes of at least 4 members (excludes halogenated alkanes) is 3. The Bertz CT molecular complexity index is 1090. The van der Waals surface area contributed by atoms with Crippen molar-refractivity contribution in [1.29, 1.82) is 0 Å². The summed E-state index contributed by atoms with van der Waals surface area (Å²) in [6.45, 7) is 5.21. The van der Waals surface area contributed by atoms with E-state index in [0.717, 1.165) is 35.2 Å². The number of benzene rings is 2. The molecule has 3 rings (SSSR count). The van der Waals surface area contributed by atoms with Gasteiger partial charge in [0.05, 0.1) is 18.1 Å². The number of hydrogen-bond donors (Lipinski definition) is 1. The molecule has 1 fully saturated rings. The third-order valence-corrected chi connectivity index (χ3v) is 6.45. The van der Waals surface area contributed by atoms with E-state index < -0.39 is 11.8 Å². The first-order valence-corrected chi connectivity index (χ1v) is 12.8. The van der Waals surface area contributed by atoms with Crippen molar-refractivity contribution in [2.24, 2.45) is 0 Å². The van der Waals surface area contributed by atoms with Crippen molar-refractivity contribution < 1.29 is 19.1 Å². The predicted octanol–water partition coefficient (Wildman–Crippen LogP) is 6.24. The second-order valence-electron chi connectivity index (χ2n) is 7.52. The lowest BCUT2D eigenvalue weighted by Gasteiger charge is -2.15. The Kier molecular flexibility index (Phi) is 9.80. The minimum absolute atomic E-state index is 0.240. The number of carbonyl (C=O) groups is 2. The molecule has 1 heterocycles. The Morgan fingerprint density at radius 1 is 1.12 bits per heavy atom. The highest BCUT2D eigenvalue weighted by Gasteiger charge is 2.33. The van der Waals surface area contributed by atoms with Gasteiger partial charge < -0.3 is 9.47 Å². The second kappa shape index (κ2) is 12.8. The Labute approximate surface area is 214 Å². The van der Waals surface area contributed by atoms with E-state index >= 15 is 0 Å². The number of nitrogens with zero attached hydrogens (tertiary/aromatic N) is 1. The van der Waals surface area contributed by atoms with Crippen molar-refractivity contribution in [3.63, 3.8) is 0 Å². The van der Waals surface area contributed by atoms with Gasteiger partial charge in [-0.15, -0.1) is 0 Å². The molecule has 1 aliphatic heterocycles. The molecule has 1 saturated heterocycles. The predicted molar refractivity (Wildman–Crippen MR) is 141 cm³/mol. The zero-order valence-corrected chi connectivity index (χ0v) is 21.5. The van der Waals surface area contributed by atoms with Gasteiger partial charge in [0, 0.05) is 10.6 Å². The maximum atomic E-state index is 12.9. The van der Waals surface area contributed by atoms with Crippen LogP contribution in [0.4, 0.5) is 0 Å². The standard InChI is InChI=1S/C25H27ClN2O4S2/c1-3-5-6-7-13-32-20-12-11-17(14-21(20)31-4-2)15-22-24(30)28(25(33)34-22)27-23(29)18-9-8-10-19(26)16-18/h8-12,14-16H,3-7,13H2,1-2H3,(H,27,29)/b22-15-. The number of hydrogen-bond acceptors (Lipinski definition) is 6. The Hall–Kier alpha value is -2.55. The summed E-state index contributed by atoms with van der Waals surface area (Å²) in [7, 11) is 0. The van der Waals surface area contributed by atoms with Crippen molar-refractivity contribution in [3.05, 3.63) is 63.5 Å². The number of nitrogens with one attached hydrogen (secondary N) is 1. The van der Waals surface area contributed by atoms with Gasteiger partial charge in [0.2, 0.25) is 0 Å². The summed E-state index contributed by atoms with van der Waals surface area (Å²) in [5, 5.41) is 1.50. The van der Waals surface area contributed by atoms with Crippen LogP contribution in [0.1, 0.15) is 55.5 Å². The highest BCUT2D eigenvalue weighted by Crippen LogP contribution is 2.34. The number of halogens is 1. The van der Waals surface area contributed by atoms with Crippen LogP contribution in [0.5, 0.6) is 11.5 Å². The van der Waals surface area contributed by atoms with E-state index in [4.69, 9.17) is 33.3 Å². The quantitative estimate of drug-likeness (QED) is 0.215. The highest BCUT2D eigenvalue weighted by molar-refractivity contribution is 8.26. The number of hydrazine groups is 1. The number of amides is 2. The van der Waals surface area contributed by atoms with Gasteiger partial charge in [0.25, 0.3) is 11.8 Å². The van der Waals surface area contributed by atoms with Gasteiger partial charge in [0.15, 0.2) is 15.8 Å². The zero-order chi connectivity index (χ0) is 24.5. The fourth-order valence-corrected chi connectivity index (χ4v) is 4.59. The first kappa shape index (κ1) is 26.1. The summed E-state index contributed by atoms with van der Waals surface area (Å²) < 4.78 is 11.9. The van der Waals surface area contributed by atoms with E-state index in [1.54, 1.807) is 24.3 Å². The van der Waals surface area contributed by atoms with E-state index in [9.17, 15) is 9.59 Å². The average molecular weight is 519 g/mol. The van der Waals surface area contributed by atoms with E-state index in [1.165, 1.54) is 18.9 Å². The molecule has 0 unspecified atom stereocenters. The van der Waals surface area contributed by atoms with Crippen molar-refractivity contribution in [3.8, 4) is 11.5 Å². The van der Waals surface area contributed by atoms with E-state index in [2.05, 4.69) is 12.3 Å². The van der Waals surface area contributed by atoms with Crippen molar-refractivity contribution in [1.82, 2.24) is 10.4 Å². The monoisotopic (exact) mass is 518 g/mol. The summed E-state index contributed by atoms with van der Waals surface area (Å²) in [6, 6.07) is 12.0. The molecule has 2 amide bonds. The van der Waals surface area contributed by atoms with Crippen LogP contribution in [0.2, 0.25) is 5.02 Å². The van der Waals surface area contributed by atoms with Gasteiger partial charge in [0.1, 0.15) is 0 Å². The fourth-order valence-electron chi connectivity index (χ4n) is 3.22. The molecule has 0 spiro atoms. The van der Waals surface area contributed by atoms with Crippen LogP contribution in [-0.4, -0.2) is 34.4 Å². The normalized spacial score (nSPS) is 14.6. The first-order chi connectivity index (χ1) is 16.4. The molecule has 34 heavy (non-hydrogen) atoms. The van der Waals surface area contributed by atoms with E-state index in [1.807, 2.05) is 25.1 Å². The molecule has 1 aliphatic rings. The molecule has 0 bridgehead atoms. The number of carbonyl (C=O) groups excluding carboxylic acids is 2. The minimum atomic E-state index is -0.473. The summed E-state index contributed by atoms with van der Waals surface area (Å²) in [6.07, 6.45) is 6.21. The zero-order valence-electron chi connectivity index (χ0n) is 19.1. The fraction of sp³-hybridized carbons (Fsp3) is 0.320. The number of thioether (sulfide) groups is 1. The molecule has 0 aliphatic carbocycles. The van der Waals surface area contributed by atoms with Crippen molar-refractivity contribution in [2.75, 3.05) is 13.2 Å². The average Bonchev–Trinajstić information content (AvgIpc) is 3.07. The van der Waals surface area contributed by atoms with Gasteiger partial charge in [-0.3, -0.25) is 15.0 Å². The number of rotatable bonds is 11. The van der Waals surface area contributed by atoms with Crippen molar-refractivity contribution >= 4 is 57.8 Å². The van der Waals surface area contributed by atoms with E-state index in [0.29, 0.717) is 40.2 Å². The van der Waals surface area contributed by atoms with Crippen LogP contribution in [-0.2, 0) is 4.79 Å². The van der Waals surface area contributed by atoms with Crippen LogP contribution in [0.15, 0.2) is 47.4 Å². The summed E-state index contributed by atoms with van der Waals surface area (Å²) in [4.78, 5) is 25.8. The maximum absolute atomic E-state index is 12.9. The van der Waals surface area contributed by atoms with Gasteiger partial charge in [-0.2, -0.15) is 5.01 Å². The molecule has 9 heteroatoms. The molecule has 2 aromatic carbocycles. The van der Waals surface area contributed by atoms with Crippen LogP contribution < -0.4 is 14.9 Å². The largest absolute Gasteiger partial charge is 0.490 e. The smallest absolute Gasteiger partial charge is 0.285 e. The topological polar surface area (TPSA) is 67.9 Å². The summed E-state index contributed by atoms with van der Waals surface area (Å²) in [5.74, 6) is 0.423. The minimum Gasteiger partial charge on any atom is -0.490 e. The Balaban J connectivity index is 1.70. The molecular formula is C25H27ClN2O4S2. The molecule has 0 aromatic heterocycles. The van der Waals surface area contributed by atoms with Crippen LogP contribution in [0, 0.1) is 0 Å². The molecule has 6 nitrogen and oxygen atoms in total. The molecule has 0 saturated carbocycles. The van der Waals surface area contributed by atoms with Gasteiger partial charge >= 0.3 is 0 Å². The van der Waals surface area contributed by atoms with E-state index in [-0.39, 0.29) is 4.32 Å². The van der Waals surface area contributed by atoms with Crippen LogP contribution >= 0.6 is 35.6 Å². The molecule has 0 atom stereocenters. The van der Waals surface area contributed by atoms with Crippen molar-refractivity contribution in [2.45, 2.75) is 39.5 Å². The van der Waals surface area contributed by atoms with Gasteiger partial charge in [-0.05, 0) is 67.5 Å². The highest BCUT2D eigenvalue weighted by atomic mass is 35.5. The van der Waals surface area contributed by atoms with Crippen LogP contribution in [0.25, 0.3) is 6.08 Å². The lowest BCUT2D eigenvalue weighted by molar-refractivity contribution is -0.123. The molecule has 180 valence electrons. The third kappa shape index (κ3) is 6.98. The molecular weight excluding hydrogens is 492 g/mol. The Morgan fingerprint density at radius 2 is 1.94 bits per heavy atom. The summed E-state index contributed by atoms with van der Waals surface area (Å²) in [5.41, 5.74) is 3.65. The first-order valence-electron chi connectivity index (χ1n) is 11.2. The lowest BCUT2D eigenvalue weighted by atomic mass is 10.1. The summed E-state index contributed by atoms with van der Waals surface area (Å²) >= 11 is 12.4. The SMILES string of the molecule is CCCCCCOc1ccc(/C=C2\SC(=S)N(NC(=O)c3cccc(Cl)c3)C2=O)cc1OCC. The third-order valence-electron chi connectivity index (χ3n) is 4.91. The molecule has 0 radical (unpaired) electrons. The number of ether oxygens (including phenoxy) is 2. The molecule has 1 N–H and O–H groups in total.